The van der Waals surface area contributed by atoms with E-state index in [0.29, 0.717) is 38.8 Å². The number of benzene rings is 3. The Morgan fingerprint density at radius 1 is 1.00 bits per heavy atom. The average Bonchev–Trinajstić information content (AvgIpc) is 2.75. The van der Waals surface area contributed by atoms with Gasteiger partial charge in [-0.2, -0.15) is 13.2 Å². The van der Waals surface area contributed by atoms with Crippen LogP contribution < -0.4 is 4.90 Å². The number of anilines is 1. The summed E-state index contributed by atoms with van der Waals surface area (Å²) >= 11 is 0. The SMILES string of the molecule is O=[N+]([O-])c1cc(C(F)(F)F)ccc1N1CCN(Cc2c(O)ccc3ccccc23)CC1. The summed E-state index contributed by atoms with van der Waals surface area (Å²) in [6.45, 7) is 2.48. The molecule has 3 aromatic carbocycles. The van der Waals surface area contributed by atoms with E-state index >= 15 is 0 Å². The number of nitro groups is 1. The first-order chi connectivity index (χ1) is 14.7. The molecule has 1 heterocycles. The third-order valence-electron chi connectivity index (χ3n) is 5.61. The van der Waals surface area contributed by atoms with Crippen molar-refractivity contribution in [3.63, 3.8) is 0 Å². The van der Waals surface area contributed by atoms with Crippen LogP contribution >= 0.6 is 0 Å². The number of phenols is 1. The van der Waals surface area contributed by atoms with Crippen molar-refractivity contribution < 1.29 is 23.2 Å². The fourth-order valence-electron chi connectivity index (χ4n) is 3.97. The molecule has 1 aliphatic rings. The minimum Gasteiger partial charge on any atom is -0.508 e. The van der Waals surface area contributed by atoms with Gasteiger partial charge in [-0.15, -0.1) is 0 Å². The number of alkyl halides is 3. The summed E-state index contributed by atoms with van der Waals surface area (Å²) in [6, 6.07) is 13.9. The van der Waals surface area contributed by atoms with Crippen molar-refractivity contribution in [3.8, 4) is 5.75 Å². The van der Waals surface area contributed by atoms with E-state index in [4.69, 9.17) is 0 Å². The van der Waals surface area contributed by atoms with Gasteiger partial charge in [0.1, 0.15) is 11.4 Å². The van der Waals surface area contributed by atoms with Crippen LogP contribution in [-0.2, 0) is 12.7 Å². The lowest BCUT2D eigenvalue weighted by Crippen LogP contribution is -2.46. The standard InChI is InChI=1S/C22H20F3N3O3/c23-22(24,25)16-6-7-19(20(13-16)28(30)31)27-11-9-26(10-12-27)14-18-17-4-2-1-3-15(17)5-8-21(18)29/h1-8,13,29H,9-12,14H2. The van der Waals surface area contributed by atoms with Gasteiger partial charge >= 0.3 is 6.18 Å². The number of nitro benzene ring substituents is 1. The van der Waals surface area contributed by atoms with Gasteiger partial charge in [-0.05, 0) is 29.0 Å². The Hall–Kier alpha value is -3.33. The molecule has 1 aliphatic heterocycles. The third-order valence-corrected chi connectivity index (χ3v) is 5.61. The normalized spacial score (nSPS) is 15.4. The second kappa shape index (κ2) is 8.07. The molecule has 6 nitrogen and oxygen atoms in total. The van der Waals surface area contributed by atoms with Crippen LogP contribution in [0.15, 0.2) is 54.6 Å². The minimum absolute atomic E-state index is 0.186. The number of piperazine rings is 1. The summed E-state index contributed by atoms with van der Waals surface area (Å²) in [6.07, 6.45) is -4.64. The Bertz CT molecular complexity index is 1130. The lowest BCUT2D eigenvalue weighted by molar-refractivity contribution is -0.384. The van der Waals surface area contributed by atoms with Gasteiger partial charge in [0, 0.05) is 44.4 Å². The second-order valence-electron chi connectivity index (χ2n) is 7.51. The van der Waals surface area contributed by atoms with Crippen molar-refractivity contribution in [1.29, 1.82) is 0 Å². The molecule has 0 bridgehead atoms. The molecule has 0 aromatic heterocycles. The summed E-state index contributed by atoms with van der Waals surface area (Å²) in [5.74, 6) is 0.208. The van der Waals surface area contributed by atoms with Crippen molar-refractivity contribution in [1.82, 2.24) is 4.90 Å². The van der Waals surface area contributed by atoms with E-state index in [1.54, 1.807) is 11.0 Å². The van der Waals surface area contributed by atoms with Crippen LogP contribution in [0.1, 0.15) is 11.1 Å². The second-order valence-corrected chi connectivity index (χ2v) is 7.51. The number of fused-ring (bicyclic) bond motifs is 1. The highest BCUT2D eigenvalue weighted by Crippen LogP contribution is 2.37. The molecule has 31 heavy (non-hydrogen) atoms. The maximum atomic E-state index is 12.9. The Balaban J connectivity index is 1.51. The number of hydrogen-bond donors (Lipinski definition) is 1. The Kier molecular flexibility index (Phi) is 5.45. The van der Waals surface area contributed by atoms with E-state index in [-0.39, 0.29) is 11.4 Å². The third kappa shape index (κ3) is 4.27. The lowest BCUT2D eigenvalue weighted by atomic mass is 10.0. The zero-order chi connectivity index (χ0) is 22.2. The predicted molar refractivity (Wildman–Crippen MR) is 111 cm³/mol. The molecule has 0 radical (unpaired) electrons. The van der Waals surface area contributed by atoms with Crippen LogP contribution in [0.2, 0.25) is 0 Å². The number of halogens is 3. The van der Waals surface area contributed by atoms with E-state index in [0.717, 1.165) is 22.4 Å². The topological polar surface area (TPSA) is 69.9 Å². The molecule has 4 rings (SSSR count). The largest absolute Gasteiger partial charge is 0.508 e. The molecule has 0 atom stereocenters. The van der Waals surface area contributed by atoms with Crippen molar-refractivity contribution in [2.75, 3.05) is 31.1 Å². The van der Waals surface area contributed by atoms with Gasteiger partial charge in [-0.25, -0.2) is 0 Å². The van der Waals surface area contributed by atoms with Crippen molar-refractivity contribution in [2.45, 2.75) is 12.7 Å². The monoisotopic (exact) mass is 431 g/mol. The highest BCUT2D eigenvalue weighted by molar-refractivity contribution is 5.87. The van der Waals surface area contributed by atoms with E-state index in [9.17, 15) is 28.4 Å². The number of rotatable bonds is 4. The molecule has 9 heteroatoms. The van der Waals surface area contributed by atoms with Crippen LogP contribution in [-0.4, -0.2) is 41.1 Å². The molecule has 0 unspecified atom stereocenters. The van der Waals surface area contributed by atoms with Gasteiger partial charge in [-0.1, -0.05) is 30.3 Å². The lowest BCUT2D eigenvalue weighted by Gasteiger charge is -2.36. The maximum Gasteiger partial charge on any atom is 0.416 e. The highest BCUT2D eigenvalue weighted by Gasteiger charge is 2.34. The van der Waals surface area contributed by atoms with E-state index in [2.05, 4.69) is 4.90 Å². The first-order valence-electron chi connectivity index (χ1n) is 9.76. The first kappa shape index (κ1) is 20.9. The molecule has 0 spiro atoms. The van der Waals surface area contributed by atoms with Crippen LogP contribution in [0.3, 0.4) is 0 Å². The van der Waals surface area contributed by atoms with Crippen LogP contribution in [0.5, 0.6) is 5.75 Å². The van der Waals surface area contributed by atoms with Crippen LogP contribution in [0.4, 0.5) is 24.5 Å². The van der Waals surface area contributed by atoms with E-state index < -0.39 is 22.4 Å². The summed E-state index contributed by atoms with van der Waals surface area (Å²) in [4.78, 5) is 14.5. The highest BCUT2D eigenvalue weighted by atomic mass is 19.4. The zero-order valence-corrected chi connectivity index (χ0v) is 16.5. The van der Waals surface area contributed by atoms with Gasteiger partial charge in [0.2, 0.25) is 0 Å². The van der Waals surface area contributed by atoms with Crippen LogP contribution in [0, 0.1) is 10.1 Å². The fraction of sp³-hybridized carbons (Fsp3) is 0.273. The minimum atomic E-state index is -4.64. The molecular formula is C22H20F3N3O3. The van der Waals surface area contributed by atoms with E-state index in [1.807, 2.05) is 30.3 Å². The molecule has 3 aromatic rings. The van der Waals surface area contributed by atoms with Crippen LogP contribution in [0.25, 0.3) is 10.8 Å². The van der Waals surface area contributed by atoms with Gasteiger partial charge < -0.3 is 10.0 Å². The number of aromatic hydroxyl groups is 1. The van der Waals surface area contributed by atoms with Gasteiger partial charge in [-0.3, -0.25) is 15.0 Å². The maximum absolute atomic E-state index is 12.9. The molecule has 0 amide bonds. The molecular weight excluding hydrogens is 411 g/mol. The number of hydrogen-bond acceptors (Lipinski definition) is 5. The summed E-state index contributed by atoms with van der Waals surface area (Å²) in [7, 11) is 0. The molecule has 162 valence electrons. The number of phenolic OH excluding ortho intramolecular Hbond substituents is 1. The zero-order valence-electron chi connectivity index (χ0n) is 16.5. The van der Waals surface area contributed by atoms with Crippen molar-refractivity contribution in [3.05, 3.63) is 75.8 Å². The summed E-state index contributed by atoms with van der Waals surface area (Å²) in [5.41, 5.74) is -0.583. The molecule has 1 N–H and O–H groups in total. The summed E-state index contributed by atoms with van der Waals surface area (Å²) < 4.78 is 38.8. The van der Waals surface area contributed by atoms with Crippen molar-refractivity contribution in [2.24, 2.45) is 0 Å². The molecule has 0 saturated carbocycles. The molecule has 0 aliphatic carbocycles. The number of nitrogens with zero attached hydrogens (tertiary/aromatic N) is 3. The van der Waals surface area contributed by atoms with Crippen molar-refractivity contribution >= 4 is 22.1 Å². The first-order valence-corrected chi connectivity index (χ1v) is 9.76. The average molecular weight is 431 g/mol. The smallest absolute Gasteiger partial charge is 0.416 e. The fourth-order valence-corrected chi connectivity index (χ4v) is 3.97. The summed E-state index contributed by atoms with van der Waals surface area (Å²) in [5, 5.41) is 23.7. The Morgan fingerprint density at radius 3 is 2.39 bits per heavy atom. The molecule has 1 fully saturated rings. The van der Waals surface area contributed by atoms with Gasteiger partial charge in [0.05, 0.1) is 10.5 Å². The Labute approximate surface area is 176 Å². The van der Waals surface area contributed by atoms with Gasteiger partial charge in [0.25, 0.3) is 5.69 Å². The Morgan fingerprint density at radius 2 is 1.71 bits per heavy atom. The van der Waals surface area contributed by atoms with Gasteiger partial charge in [0.15, 0.2) is 0 Å². The van der Waals surface area contributed by atoms with E-state index in [1.165, 1.54) is 6.07 Å². The predicted octanol–water partition coefficient (Wildman–Crippen LogP) is 4.79. The molecule has 1 saturated heterocycles. The quantitative estimate of drug-likeness (QED) is 0.475.